The number of anilines is 1. The van der Waals surface area contributed by atoms with Crippen molar-refractivity contribution >= 4 is 34.9 Å². The van der Waals surface area contributed by atoms with Gasteiger partial charge in [-0.15, -0.1) is 0 Å². The first-order valence-corrected chi connectivity index (χ1v) is 8.20. The van der Waals surface area contributed by atoms with Gasteiger partial charge >= 0.3 is 5.97 Å². The number of hydrogen-bond donors (Lipinski definition) is 1. The average molecular weight is 377 g/mol. The quantitative estimate of drug-likeness (QED) is 0.461. The summed E-state index contributed by atoms with van der Waals surface area (Å²) in [5.74, 6) is -0.748. The van der Waals surface area contributed by atoms with E-state index < -0.39 is 10.9 Å². The summed E-state index contributed by atoms with van der Waals surface area (Å²) in [6.45, 7) is 3.42. The average Bonchev–Trinajstić information content (AvgIpc) is 2.61. The number of carbonyl (C=O) groups excluding carboxylic acids is 2. The van der Waals surface area contributed by atoms with Crippen LogP contribution in [0.5, 0.6) is 0 Å². The van der Waals surface area contributed by atoms with E-state index >= 15 is 0 Å². The number of esters is 1. The standard InChI is InChI=1S/C18H17ClN2O5/c1-3-17(22)20-16-8-12(5-4-11(16)2)18(23)26-10-13-6-7-14(21(24)25)9-15(13)19/h4-9H,3,10H2,1-2H3,(H,20,22). The molecule has 0 bridgehead atoms. The van der Waals surface area contributed by atoms with Crippen LogP contribution in [0, 0.1) is 17.0 Å². The number of rotatable bonds is 6. The molecule has 0 aliphatic heterocycles. The number of nitro benzene ring substituents is 1. The largest absolute Gasteiger partial charge is 0.457 e. The molecular weight excluding hydrogens is 360 g/mol. The third kappa shape index (κ3) is 4.80. The van der Waals surface area contributed by atoms with Crippen LogP contribution in [0.25, 0.3) is 0 Å². The third-order valence-electron chi connectivity index (χ3n) is 3.67. The van der Waals surface area contributed by atoms with Crippen LogP contribution in [0.3, 0.4) is 0 Å². The summed E-state index contributed by atoms with van der Waals surface area (Å²) in [6, 6.07) is 8.78. The second-order valence-electron chi connectivity index (χ2n) is 5.54. The van der Waals surface area contributed by atoms with Crippen LogP contribution >= 0.6 is 11.6 Å². The SMILES string of the molecule is CCC(=O)Nc1cc(C(=O)OCc2ccc([N+](=O)[O-])cc2Cl)ccc1C. The van der Waals surface area contributed by atoms with Crippen LogP contribution < -0.4 is 5.32 Å². The maximum absolute atomic E-state index is 12.2. The van der Waals surface area contributed by atoms with Crippen molar-refractivity contribution < 1.29 is 19.2 Å². The molecule has 0 aliphatic rings. The van der Waals surface area contributed by atoms with Gasteiger partial charge in [0.2, 0.25) is 5.91 Å². The van der Waals surface area contributed by atoms with Gasteiger partial charge in [0.15, 0.2) is 0 Å². The van der Waals surface area contributed by atoms with Crippen LogP contribution in [-0.2, 0) is 16.1 Å². The monoisotopic (exact) mass is 376 g/mol. The molecule has 1 amide bonds. The number of hydrogen-bond acceptors (Lipinski definition) is 5. The summed E-state index contributed by atoms with van der Waals surface area (Å²) >= 11 is 5.98. The van der Waals surface area contributed by atoms with Gasteiger partial charge in [-0.1, -0.05) is 24.6 Å². The van der Waals surface area contributed by atoms with Crippen molar-refractivity contribution in [3.8, 4) is 0 Å². The lowest BCUT2D eigenvalue weighted by Crippen LogP contribution is -2.12. The lowest BCUT2D eigenvalue weighted by molar-refractivity contribution is -0.384. The Morgan fingerprint density at radius 1 is 1.23 bits per heavy atom. The topological polar surface area (TPSA) is 98.5 Å². The highest BCUT2D eigenvalue weighted by molar-refractivity contribution is 6.31. The Hall–Kier alpha value is -2.93. The van der Waals surface area contributed by atoms with Crippen molar-refractivity contribution in [2.24, 2.45) is 0 Å². The fraction of sp³-hybridized carbons (Fsp3) is 0.222. The molecule has 0 unspecified atom stereocenters. The number of non-ortho nitro benzene ring substituents is 1. The molecule has 0 aromatic heterocycles. The first-order valence-electron chi connectivity index (χ1n) is 7.82. The molecule has 136 valence electrons. The number of halogens is 1. The minimum absolute atomic E-state index is 0.125. The van der Waals surface area contributed by atoms with E-state index in [1.54, 1.807) is 25.1 Å². The molecule has 2 rings (SSSR count). The number of ether oxygens (including phenoxy) is 1. The summed E-state index contributed by atoms with van der Waals surface area (Å²) in [4.78, 5) is 33.9. The first kappa shape index (κ1) is 19.4. The summed E-state index contributed by atoms with van der Waals surface area (Å²) in [6.07, 6.45) is 0.326. The van der Waals surface area contributed by atoms with Crippen molar-refractivity contribution in [3.05, 3.63) is 68.2 Å². The Labute approximate surface area is 155 Å². The summed E-state index contributed by atoms with van der Waals surface area (Å²) in [5, 5.41) is 13.6. The predicted molar refractivity (Wildman–Crippen MR) is 97.3 cm³/mol. The first-order chi connectivity index (χ1) is 12.3. The Kier molecular flexibility index (Phi) is 6.30. The number of benzene rings is 2. The van der Waals surface area contributed by atoms with E-state index in [1.165, 1.54) is 18.2 Å². The molecule has 0 fully saturated rings. The van der Waals surface area contributed by atoms with Gasteiger partial charge in [-0.25, -0.2) is 4.79 Å². The number of aryl methyl sites for hydroxylation is 1. The van der Waals surface area contributed by atoms with E-state index in [9.17, 15) is 19.7 Å². The van der Waals surface area contributed by atoms with Gasteiger partial charge in [-0.05, 0) is 30.7 Å². The third-order valence-corrected chi connectivity index (χ3v) is 4.03. The van der Waals surface area contributed by atoms with Crippen LogP contribution in [0.4, 0.5) is 11.4 Å². The molecule has 2 aromatic rings. The van der Waals surface area contributed by atoms with Gasteiger partial charge in [0.25, 0.3) is 5.69 Å². The van der Waals surface area contributed by atoms with Gasteiger partial charge in [-0.3, -0.25) is 14.9 Å². The van der Waals surface area contributed by atoms with Gasteiger partial charge in [0, 0.05) is 29.8 Å². The molecule has 0 radical (unpaired) electrons. The normalized spacial score (nSPS) is 10.3. The molecule has 0 atom stereocenters. The molecular formula is C18H17ClN2O5. The van der Waals surface area contributed by atoms with Gasteiger partial charge in [0.1, 0.15) is 6.61 Å². The maximum Gasteiger partial charge on any atom is 0.338 e. The van der Waals surface area contributed by atoms with Crippen molar-refractivity contribution in [3.63, 3.8) is 0 Å². The van der Waals surface area contributed by atoms with Crippen LogP contribution in [0.1, 0.15) is 34.8 Å². The smallest absolute Gasteiger partial charge is 0.338 e. The Bertz CT molecular complexity index is 867. The van der Waals surface area contributed by atoms with Crippen molar-refractivity contribution in [1.29, 1.82) is 0 Å². The molecule has 0 saturated carbocycles. The predicted octanol–water partition coefficient (Wildman–Crippen LogP) is 4.26. The van der Waals surface area contributed by atoms with E-state index in [0.29, 0.717) is 17.7 Å². The lowest BCUT2D eigenvalue weighted by Gasteiger charge is -2.10. The maximum atomic E-state index is 12.2. The molecule has 0 spiro atoms. The van der Waals surface area contributed by atoms with Crippen molar-refractivity contribution in [2.45, 2.75) is 26.9 Å². The van der Waals surface area contributed by atoms with E-state index in [1.807, 2.05) is 6.92 Å². The van der Waals surface area contributed by atoms with E-state index in [-0.39, 0.29) is 28.8 Å². The molecule has 7 nitrogen and oxygen atoms in total. The minimum Gasteiger partial charge on any atom is -0.457 e. The molecule has 0 saturated heterocycles. The molecule has 2 aromatic carbocycles. The highest BCUT2D eigenvalue weighted by Gasteiger charge is 2.14. The van der Waals surface area contributed by atoms with E-state index in [0.717, 1.165) is 5.56 Å². The molecule has 0 heterocycles. The molecule has 1 N–H and O–H groups in total. The van der Waals surface area contributed by atoms with Crippen LogP contribution in [0.2, 0.25) is 5.02 Å². The molecule has 0 aliphatic carbocycles. The zero-order valence-corrected chi connectivity index (χ0v) is 15.0. The van der Waals surface area contributed by atoms with Gasteiger partial charge < -0.3 is 10.1 Å². The zero-order valence-electron chi connectivity index (χ0n) is 14.2. The summed E-state index contributed by atoms with van der Waals surface area (Å²) < 4.78 is 5.22. The van der Waals surface area contributed by atoms with Crippen LogP contribution in [0.15, 0.2) is 36.4 Å². The Morgan fingerprint density at radius 3 is 2.58 bits per heavy atom. The Morgan fingerprint density at radius 2 is 1.96 bits per heavy atom. The number of amides is 1. The number of carbonyl (C=O) groups is 2. The van der Waals surface area contributed by atoms with Crippen molar-refractivity contribution in [2.75, 3.05) is 5.32 Å². The zero-order chi connectivity index (χ0) is 19.3. The number of nitrogens with one attached hydrogen (secondary N) is 1. The highest BCUT2D eigenvalue weighted by atomic mass is 35.5. The fourth-order valence-electron chi connectivity index (χ4n) is 2.12. The number of nitrogens with zero attached hydrogens (tertiary/aromatic N) is 1. The Balaban J connectivity index is 2.09. The lowest BCUT2D eigenvalue weighted by atomic mass is 10.1. The second-order valence-corrected chi connectivity index (χ2v) is 5.95. The molecule has 26 heavy (non-hydrogen) atoms. The van der Waals surface area contributed by atoms with Gasteiger partial charge in [-0.2, -0.15) is 0 Å². The van der Waals surface area contributed by atoms with Crippen LogP contribution in [-0.4, -0.2) is 16.8 Å². The summed E-state index contributed by atoms with van der Waals surface area (Å²) in [7, 11) is 0. The van der Waals surface area contributed by atoms with Gasteiger partial charge in [0.05, 0.1) is 15.5 Å². The highest BCUT2D eigenvalue weighted by Crippen LogP contribution is 2.24. The molecule has 8 heteroatoms. The van der Waals surface area contributed by atoms with E-state index in [2.05, 4.69) is 5.32 Å². The second kappa shape index (κ2) is 8.44. The number of nitro groups is 1. The fourth-order valence-corrected chi connectivity index (χ4v) is 2.35. The minimum atomic E-state index is -0.591. The summed E-state index contributed by atoms with van der Waals surface area (Å²) in [5.41, 5.74) is 1.96. The van der Waals surface area contributed by atoms with E-state index in [4.69, 9.17) is 16.3 Å². The van der Waals surface area contributed by atoms with Crippen molar-refractivity contribution in [1.82, 2.24) is 0 Å².